The Morgan fingerprint density at radius 3 is 2.68 bits per heavy atom. The molecule has 0 unspecified atom stereocenters. The quantitative estimate of drug-likeness (QED) is 0.726. The molecule has 1 aliphatic rings. The Hall–Kier alpha value is -3.22. The molecule has 0 bridgehead atoms. The summed E-state index contributed by atoms with van der Waals surface area (Å²) in [5, 5.41) is 3.01. The van der Waals surface area contributed by atoms with Crippen molar-refractivity contribution in [2.75, 3.05) is 25.2 Å². The molecule has 148 valence electrons. The van der Waals surface area contributed by atoms with Gasteiger partial charge in [0.25, 0.3) is 5.91 Å². The molecule has 3 rings (SSSR count). The van der Waals surface area contributed by atoms with Crippen LogP contribution in [0.2, 0.25) is 0 Å². The van der Waals surface area contributed by atoms with Crippen LogP contribution >= 0.6 is 0 Å². The predicted octanol–water partition coefficient (Wildman–Crippen LogP) is 1.84. The third-order valence-corrected chi connectivity index (χ3v) is 4.71. The van der Waals surface area contributed by atoms with Gasteiger partial charge in [0.15, 0.2) is 18.1 Å². The van der Waals surface area contributed by atoms with Crippen LogP contribution in [-0.2, 0) is 16.1 Å². The average molecular weight is 383 g/mol. The SMILES string of the molecule is COc1cc(CNC(=O)[C@H]2CCCN2c2ccccc2)ccc1OCC(N)=O. The molecule has 0 aliphatic carbocycles. The summed E-state index contributed by atoms with van der Waals surface area (Å²) < 4.78 is 10.6. The highest BCUT2D eigenvalue weighted by atomic mass is 16.5. The smallest absolute Gasteiger partial charge is 0.255 e. The first kappa shape index (κ1) is 19.5. The third-order valence-electron chi connectivity index (χ3n) is 4.71. The number of para-hydroxylation sites is 1. The lowest BCUT2D eigenvalue weighted by molar-refractivity contribution is -0.122. The van der Waals surface area contributed by atoms with E-state index in [1.807, 2.05) is 36.4 Å². The van der Waals surface area contributed by atoms with Crippen LogP contribution in [0.1, 0.15) is 18.4 Å². The molecule has 1 atom stereocenters. The van der Waals surface area contributed by atoms with Gasteiger partial charge in [0.05, 0.1) is 7.11 Å². The largest absolute Gasteiger partial charge is 0.493 e. The second-order valence-corrected chi connectivity index (χ2v) is 6.64. The molecule has 1 fully saturated rings. The molecule has 0 radical (unpaired) electrons. The fraction of sp³-hybridized carbons (Fsp3) is 0.333. The number of nitrogens with two attached hydrogens (primary N) is 1. The summed E-state index contributed by atoms with van der Waals surface area (Å²) in [6, 6.07) is 15.1. The Morgan fingerprint density at radius 1 is 1.18 bits per heavy atom. The molecule has 2 amide bonds. The van der Waals surface area contributed by atoms with Crippen molar-refractivity contribution in [3.05, 3.63) is 54.1 Å². The van der Waals surface area contributed by atoms with Crippen LogP contribution in [0.3, 0.4) is 0 Å². The Morgan fingerprint density at radius 2 is 1.96 bits per heavy atom. The Bertz CT molecular complexity index is 826. The summed E-state index contributed by atoms with van der Waals surface area (Å²) in [6.07, 6.45) is 1.83. The van der Waals surface area contributed by atoms with Crippen LogP contribution in [0.25, 0.3) is 0 Å². The van der Waals surface area contributed by atoms with E-state index in [4.69, 9.17) is 15.2 Å². The zero-order valence-corrected chi connectivity index (χ0v) is 15.9. The fourth-order valence-electron chi connectivity index (χ4n) is 3.36. The summed E-state index contributed by atoms with van der Waals surface area (Å²) >= 11 is 0. The third kappa shape index (κ3) is 4.73. The minimum absolute atomic E-state index is 0.00868. The van der Waals surface area contributed by atoms with Crippen molar-refractivity contribution in [1.29, 1.82) is 0 Å². The van der Waals surface area contributed by atoms with Crippen molar-refractivity contribution < 1.29 is 19.1 Å². The van der Waals surface area contributed by atoms with E-state index >= 15 is 0 Å². The molecule has 1 aliphatic heterocycles. The minimum Gasteiger partial charge on any atom is -0.493 e. The van der Waals surface area contributed by atoms with Crippen LogP contribution in [-0.4, -0.2) is 38.1 Å². The van der Waals surface area contributed by atoms with Crippen LogP contribution in [0.5, 0.6) is 11.5 Å². The molecule has 7 nitrogen and oxygen atoms in total. The molecule has 7 heteroatoms. The molecule has 0 saturated carbocycles. The number of benzene rings is 2. The lowest BCUT2D eigenvalue weighted by atomic mass is 10.1. The van der Waals surface area contributed by atoms with E-state index < -0.39 is 5.91 Å². The Labute approximate surface area is 164 Å². The van der Waals surface area contributed by atoms with Gasteiger partial charge in [-0.25, -0.2) is 0 Å². The lowest BCUT2D eigenvalue weighted by Crippen LogP contribution is -2.43. The number of hydrogen-bond acceptors (Lipinski definition) is 5. The van der Waals surface area contributed by atoms with Crippen LogP contribution in [0.15, 0.2) is 48.5 Å². The topological polar surface area (TPSA) is 93.9 Å². The van der Waals surface area contributed by atoms with Gasteiger partial charge in [-0.05, 0) is 42.7 Å². The highest BCUT2D eigenvalue weighted by molar-refractivity contribution is 5.85. The van der Waals surface area contributed by atoms with Crippen molar-refractivity contribution in [3.63, 3.8) is 0 Å². The van der Waals surface area contributed by atoms with Gasteiger partial charge in [0, 0.05) is 18.8 Å². The van der Waals surface area contributed by atoms with Crippen LogP contribution in [0, 0.1) is 0 Å². The van der Waals surface area contributed by atoms with Crippen molar-refractivity contribution >= 4 is 17.5 Å². The van der Waals surface area contributed by atoms with Crippen molar-refractivity contribution in [2.45, 2.75) is 25.4 Å². The number of carbonyl (C=O) groups excluding carboxylic acids is 2. The van der Waals surface area contributed by atoms with E-state index in [0.29, 0.717) is 18.0 Å². The summed E-state index contributed by atoms with van der Waals surface area (Å²) in [7, 11) is 1.52. The second kappa shape index (κ2) is 9.12. The molecule has 1 heterocycles. The number of rotatable bonds is 8. The van der Waals surface area contributed by atoms with E-state index in [2.05, 4.69) is 10.2 Å². The summed E-state index contributed by atoms with van der Waals surface area (Å²) in [6.45, 7) is 1.04. The average Bonchev–Trinajstić information content (AvgIpc) is 3.21. The summed E-state index contributed by atoms with van der Waals surface area (Å²) in [4.78, 5) is 25.8. The second-order valence-electron chi connectivity index (χ2n) is 6.64. The van der Waals surface area contributed by atoms with Crippen LogP contribution < -0.4 is 25.4 Å². The molecular formula is C21H25N3O4. The maximum Gasteiger partial charge on any atom is 0.255 e. The van der Waals surface area contributed by atoms with Gasteiger partial charge in [0.1, 0.15) is 6.04 Å². The molecular weight excluding hydrogens is 358 g/mol. The monoisotopic (exact) mass is 383 g/mol. The molecule has 0 aromatic heterocycles. The van der Waals surface area contributed by atoms with Gasteiger partial charge in [-0.2, -0.15) is 0 Å². The molecule has 0 spiro atoms. The minimum atomic E-state index is -0.557. The molecule has 28 heavy (non-hydrogen) atoms. The molecule has 3 N–H and O–H groups in total. The highest BCUT2D eigenvalue weighted by Crippen LogP contribution is 2.28. The van der Waals surface area contributed by atoms with E-state index in [1.165, 1.54) is 7.11 Å². The standard InChI is InChI=1S/C21H25N3O4/c1-27-19-12-15(9-10-18(19)28-14-20(22)25)13-23-21(26)17-8-5-11-24(17)16-6-3-2-4-7-16/h2-4,6-7,9-10,12,17H,5,8,11,13-14H2,1H3,(H2,22,25)(H,23,26)/t17-/m1/s1. The summed E-state index contributed by atoms with van der Waals surface area (Å²) in [5.74, 6) is 0.370. The van der Waals surface area contributed by atoms with Gasteiger partial charge in [-0.15, -0.1) is 0 Å². The first-order chi connectivity index (χ1) is 13.6. The Kier molecular flexibility index (Phi) is 6.37. The first-order valence-corrected chi connectivity index (χ1v) is 9.26. The number of hydrogen-bond donors (Lipinski definition) is 2. The fourth-order valence-corrected chi connectivity index (χ4v) is 3.36. The van der Waals surface area contributed by atoms with E-state index in [-0.39, 0.29) is 18.6 Å². The van der Waals surface area contributed by atoms with E-state index in [0.717, 1.165) is 30.6 Å². The number of nitrogens with zero attached hydrogens (tertiary/aromatic N) is 1. The van der Waals surface area contributed by atoms with Crippen molar-refractivity contribution in [1.82, 2.24) is 5.32 Å². The summed E-state index contributed by atoms with van der Waals surface area (Å²) in [5.41, 5.74) is 7.04. The van der Waals surface area contributed by atoms with Gasteiger partial charge in [-0.3, -0.25) is 9.59 Å². The number of ether oxygens (including phenoxy) is 2. The van der Waals surface area contributed by atoms with Crippen molar-refractivity contribution in [3.8, 4) is 11.5 Å². The zero-order valence-electron chi connectivity index (χ0n) is 15.9. The lowest BCUT2D eigenvalue weighted by Gasteiger charge is -2.26. The first-order valence-electron chi connectivity index (χ1n) is 9.26. The number of nitrogens with one attached hydrogen (secondary N) is 1. The van der Waals surface area contributed by atoms with Gasteiger partial charge in [-0.1, -0.05) is 24.3 Å². The number of amides is 2. The van der Waals surface area contributed by atoms with Gasteiger partial charge in [0.2, 0.25) is 5.91 Å². The normalized spacial score (nSPS) is 15.9. The zero-order chi connectivity index (χ0) is 19.9. The predicted molar refractivity (Wildman–Crippen MR) is 106 cm³/mol. The maximum atomic E-state index is 12.7. The van der Waals surface area contributed by atoms with Crippen LogP contribution in [0.4, 0.5) is 5.69 Å². The van der Waals surface area contributed by atoms with E-state index in [9.17, 15) is 9.59 Å². The Balaban J connectivity index is 1.61. The molecule has 2 aromatic carbocycles. The number of anilines is 1. The van der Waals surface area contributed by atoms with Gasteiger partial charge < -0.3 is 25.4 Å². The number of primary amides is 1. The molecule has 2 aromatic rings. The number of methoxy groups -OCH3 is 1. The number of carbonyl (C=O) groups is 2. The van der Waals surface area contributed by atoms with E-state index in [1.54, 1.807) is 12.1 Å². The highest BCUT2D eigenvalue weighted by Gasteiger charge is 2.30. The maximum absolute atomic E-state index is 12.7. The van der Waals surface area contributed by atoms with Crippen molar-refractivity contribution in [2.24, 2.45) is 5.73 Å². The van der Waals surface area contributed by atoms with Gasteiger partial charge >= 0.3 is 0 Å². The molecule has 1 saturated heterocycles.